The van der Waals surface area contributed by atoms with E-state index in [0.29, 0.717) is 11.3 Å². The van der Waals surface area contributed by atoms with Gasteiger partial charge in [-0.3, -0.25) is 0 Å². The van der Waals surface area contributed by atoms with Crippen LogP contribution in [0.5, 0.6) is 0 Å². The van der Waals surface area contributed by atoms with Gasteiger partial charge in [-0.05, 0) is 36.0 Å². The van der Waals surface area contributed by atoms with E-state index >= 15 is 0 Å². The summed E-state index contributed by atoms with van der Waals surface area (Å²) in [5.41, 5.74) is 0.608. The van der Waals surface area contributed by atoms with E-state index < -0.39 is 0 Å². The fourth-order valence-electron chi connectivity index (χ4n) is 2.56. The molecular formula is C12H24O. The topological polar surface area (TPSA) is 20.2 Å². The van der Waals surface area contributed by atoms with Crippen molar-refractivity contribution in [2.45, 2.75) is 60.0 Å². The van der Waals surface area contributed by atoms with Gasteiger partial charge in [-0.1, -0.05) is 34.6 Å². The van der Waals surface area contributed by atoms with Crippen LogP contribution in [0.25, 0.3) is 0 Å². The van der Waals surface area contributed by atoms with Crippen LogP contribution < -0.4 is 0 Å². The number of aliphatic hydroxyl groups excluding tert-OH is 1. The number of hydrogen-bond donors (Lipinski definition) is 1. The molecule has 0 radical (unpaired) electrons. The van der Waals surface area contributed by atoms with Crippen LogP contribution in [0.2, 0.25) is 0 Å². The van der Waals surface area contributed by atoms with Crippen LogP contribution in [0.4, 0.5) is 0 Å². The third-order valence-corrected chi connectivity index (χ3v) is 3.47. The van der Waals surface area contributed by atoms with E-state index in [4.69, 9.17) is 0 Å². The summed E-state index contributed by atoms with van der Waals surface area (Å²) in [6.45, 7) is 11.2. The second kappa shape index (κ2) is 3.27. The second-order valence-corrected chi connectivity index (χ2v) is 6.45. The van der Waals surface area contributed by atoms with Gasteiger partial charge < -0.3 is 5.11 Å². The quantitative estimate of drug-likeness (QED) is 0.613. The standard InChI is InChI=1S/C12H24O/c1-11(2,3)9-6-7-12(4,5)8-10(9)13/h9-10,13H,6-8H2,1-5H3/t9-,10-/m1/s1. The third-order valence-electron chi connectivity index (χ3n) is 3.47. The summed E-state index contributed by atoms with van der Waals surface area (Å²) < 4.78 is 0. The van der Waals surface area contributed by atoms with Gasteiger partial charge >= 0.3 is 0 Å². The van der Waals surface area contributed by atoms with Gasteiger partial charge in [0.1, 0.15) is 0 Å². The maximum absolute atomic E-state index is 10.0. The predicted octanol–water partition coefficient (Wildman–Crippen LogP) is 3.22. The van der Waals surface area contributed by atoms with E-state index in [0.717, 1.165) is 6.42 Å². The van der Waals surface area contributed by atoms with Gasteiger partial charge in [0.25, 0.3) is 0 Å². The first-order valence-corrected chi connectivity index (χ1v) is 5.40. The monoisotopic (exact) mass is 184 g/mol. The molecule has 1 fully saturated rings. The second-order valence-electron chi connectivity index (χ2n) is 6.45. The number of aliphatic hydroxyl groups is 1. The van der Waals surface area contributed by atoms with E-state index in [9.17, 15) is 5.11 Å². The van der Waals surface area contributed by atoms with Crippen LogP contribution in [0.1, 0.15) is 53.9 Å². The Bertz CT molecular complexity index is 176. The fourth-order valence-corrected chi connectivity index (χ4v) is 2.56. The van der Waals surface area contributed by atoms with Crippen LogP contribution >= 0.6 is 0 Å². The van der Waals surface area contributed by atoms with E-state index in [1.165, 1.54) is 12.8 Å². The summed E-state index contributed by atoms with van der Waals surface area (Å²) in [5, 5.41) is 10.0. The SMILES string of the molecule is CC1(C)CC[C@@H](C(C)(C)C)[C@H](O)C1. The molecule has 0 bridgehead atoms. The Hall–Kier alpha value is -0.0400. The molecule has 0 aromatic heterocycles. The lowest BCUT2D eigenvalue weighted by atomic mass is 9.64. The van der Waals surface area contributed by atoms with Gasteiger partial charge in [-0.15, -0.1) is 0 Å². The Labute approximate surface area is 82.5 Å². The van der Waals surface area contributed by atoms with Gasteiger partial charge in [0.15, 0.2) is 0 Å². The highest BCUT2D eigenvalue weighted by Crippen LogP contribution is 2.44. The van der Waals surface area contributed by atoms with E-state index in [1.807, 2.05) is 0 Å². The summed E-state index contributed by atoms with van der Waals surface area (Å²) in [4.78, 5) is 0. The van der Waals surface area contributed by atoms with Crippen molar-refractivity contribution in [2.75, 3.05) is 0 Å². The molecule has 1 aliphatic carbocycles. The van der Waals surface area contributed by atoms with Crippen molar-refractivity contribution >= 4 is 0 Å². The van der Waals surface area contributed by atoms with Crippen molar-refractivity contribution in [3.63, 3.8) is 0 Å². The van der Waals surface area contributed by atoms with Gasteiger partial charge in [0, 0.05) is 0 Å². The molecular weight excluding hydrogens is 160 g/mol. The molecule has 1 heteroatoms. The molecule has 78 valence electrons. The minimum Gasteiger partial charge on any atom is -0.393 e. The van der Waals surface area contributed by atoms with E-state index in [1.54, 1.807) is 0 Å². The Morgan fingerprint density at radius 1 is 1.23 bits per heavy atom. The molecule has 2 atom stereocenters. The van der Waals surface area contributed by atoms with Crippen molar-refractivity contribution in [1.82, 2.24) is 0 Å². The summed E-state index contributed by atoms with van der Waals surface area (Å²) >= 11 is 0. The molecule has 0 amide bonds. The van der Waals surface area contributed by atoms with Gasteiger partial charge in [0.05, 0.1) is 6.10 Å². The molecule has 1 saturated carbocycles. The predicted molar refractivity (Wildman–Crippen MR) is 56.6 cm³/mol. The first-order chi connectivity index (χ1) is 5.72. The van der Waals surface area contributed by atoms with Crippen molar-refractivity contribution in [2.24, 2.45) is 16.7 Å². The molecule has 0 saturated heterocycles. The highest BCUT2D eigenvalue weighted by atomic mass is 16.3. The van der Waals surface area contributed by atoms with Crippen LogP contribution in [-0.2, 0) is 0 Å². The molecule has 13 heavy (non-hydrogen) atoms. The van der Waals surface area contributed by atoms with Crippen molar-refractivity contribution in [1.29, 1.82) is 0 Å². The summed E-state index contributed by atoms with van der Waals surface area (Å²) in [6, 6.07) is 0. The lowest BCUT2D eigenvalue weighted by Crippen LogP contribution is -2.40. The molecule has 1 rings (SSSR count). The molecule has 1 nitrogen and oxygen atoms in total. The summed E-state index contributed by atoms with van der Waals surface area (Å²) in [6.07, 6.45) is 3.31. The average Bonchev–Trinajstić information content (AvgIpc) is 1.80. The average molecular weight is 184 g/mol. The summed E-state index contributed by atoms with van der Waals surface area (Å²) in [7, 11) is 0. The number of hydrogen-bond acceptors (Lipinski definition) is 1. The van der Waals surface area contributed by atoms with E-state index in [-0.39, 0.29) is 11.5 Å². The Kier molecular flexibility index (Phi) is 2.78. The zero-order valence-electron chi connectivity index (χ0n) is 9.72. The summed E-state index contributed by atoms with van der Waals surface area (Å²) in [5.74, 6) is 0.487. The molecule has 1 N–H and O–H groups in total. The van der Waals surface area contributed by atoms with Gasteiger partial charge in [0.2, 0.25) is 0 Å². The molecule has 0 unspecified atom stereocenters. The molecule has 0 heterocycles. The van der Waals surface area contributed by atoms with Crippen LogP contribution in [-0.4, -0.2) is 11.2 Å². The highest BCUT2D eigenvalue weighted by molar-refractivity contribution is 4.89. The Morgan fingerprint density at radius 3 is 2.15 bits per heavy atom. The lowest BCUT2D eigenvalue weighted by Gasteiger charge is -2.44. The lowest BCUT2D eigenvalue weighted by molar-refractivity contribution is -0.0304. The molecule has 0 aromatic carbocycles. The minimum atomic E-state index is -0.0938. The van der Waals surface area contributed by atoms with Gasteiger partial charge in [-0.25, -0.2) is 0 Å². The van der Waals surface area contributed by atoms with E-state index in [2.05, 4.69) is 34.6 Å². The zero-order valence-corrected chi connectivity index (χ0v) is 9.72. The normalized spacial score (nSPS) is 34.6. The first kappa shape index (κ1) is 11.0. The molecule has 1 aliphatic rings. The third kappa shape index (κ3) is 2.70. The highest BCUT2D eigenvalue weighted by Gasteiger charge is 2.39. The van der Waals surface area contributed by atoms with Crippen LogP contribution in [0.3, 0.4) is 0 Å². The van der Waals surface area contributed by atoms with Crippen LogP contribution in [0, 0.1) is 16.7 Å². The number of rotatable bonds is 0. The molecule has 0 aromatic rings. The molecule has 0 aliphatic heterocycles. The zero-order chi connectivity index (χ0) is 10.3. The van der Waals surface area contributed by atoms with Crippen molar-refractivity contribution in [3.8, 4) is 0 Å². The Morgan fingerprint density at radius 2 is 1.77 bits per heavy atom. The van der Waals surface area contributed by atoms with Gasteiger partial charge in [-0.2, -0.15) is 0 Å². The molecule has 0 spiro atoms. The first-order valence-electron chi connectivity index (χ1n) is 5.40. The smallest absolute Gasteiger partial charge is 0.0578 e. The minimum absolute atomic E-state index is 0.0938. The van der Waals surface area contributed by atoms with Crippen LogP contribution in [0.15, 0.2) is 0 Å². The largest absolute Gasteiger partial charge is 0.393 e. The Balaban J connectivity index is 2.64. The maximum atomic E-state index is 10.0. The maximum Gasteiger partial charge on any atom is 0.0578 e. The van der Waals surface area contributed by atoms with Crippen molar-refractivity contribution < 1.29 is 5.11 Å². The van der Waals surface area contributed by atoms with Crippen molar-refractivity contribution in [3.05, 3.63) is 0 Å². The fraction of sp³-hybridized carbons (Fsp3) is 1.00.